The number of nitrogens with zero attached hydrogens (tertiary/aromatic N) is 1. The van der Waals surface area contributed by atoms with Gasteiger partial charge in [-0.2, -0.15) is 0 Å². The van der Waals surface area contributed by atoms with E-state index >= 15 is 0 Å². The second-order valence-corrected chi connectivity index (χ2v) is 3.90. The third kappa shape index (κ3) is 2.52. The van der Waals surface area contributed by atoms with Crippen LogP contribution in [0.3, 0.4) is 0 Å². The molecule has 1 aromatic rings. The van der Waals surface area contributed by atoms with Crippen LogP contribution in [0.15, 0.2) is 18.2 Å². The SMILES string of the molecule is COc1ccc(NC(=O)C2CC2)c([N+](=O)[O-])c1. The van der Waals surface area contributed by atoms with Gasteiger partial charge in [-0.25, -0.2) is 0 Å². The Balaban J connectivity index is 2.25. The molecule has 0 aliphatic heterocycles. The van der Waals surface area contributed by atoms with Crippen LogP contribution in [0.4, 0.5) is 11.4 Å². The highest BCUT2D eigenvalue weighted by Gasteiger charge is 2.31. The van der Waals surface area contributed by atoms with Gasteiger partial charge in [0.1, 0.15) is 11.4 Å². The topological polar surface area (TPSA) is 81.5 Å². The Kier molecular flexibility index (Phi) is 2.95. The first kappa shape index (κ1) is 11.4. The molecule has 1 aliphatic carbocycles. The Bertz CT molecular complexity index is 469. The van der Waals surface area contributed by atoms with E-state index in [2.05, 4.69) is 5.32 Å². The van der Waals surface area contributed by atoms with Crippen LogP contribution in [0.2, 0.25) is 0 Å². The zero-order valence-electron chi connectivity index (χ0n) is 9.30. The Morgan fingerprint density at radius 1 is 1.53 bits per heavy atom. The number of carbonyl (C=O) groups excluding carboxylic acids is 1. The summed E-state index contributed by atoms with van der Waals surface area (Å²) in [6.45, 7) is 0. The number of hydrogen-bond acceptors (Lipinski definition) is 4. The van der Waals surface area contributed by atoms with Crippen molar-refractivity contribution in [3.63, 3.8) is 0 Å². The minimum Gasteiger partial charge on any atom is -0.496 e. The highest BCUT2D eigenvalue weighted by atomic mass is 16.6. The number of hydrogen-bond donors (Lipinski definition) is 1. The van der Waals surface area contributed by atoms with E-state index in [9.17, 15) is 14.9 Å². The number of rotatable bonds is 4. The van der Waals surface area contributed by atoms with Crippen LogP contribution in [-0.2, 0) is 4.79 Å². The van der Waals surface area contributed by atoms with Crippen LogP contribution in [0, 0.1) is 16.0 Å². The molecule has 1 amide bonds. The van der Waals surface area contributed by atoms with E-state index < -0.39 is 4.92 Å². The van der Waals surface area contributed by atoms with E-state index in [1.54, 1.807) is 6.07 Å². The summed E-state index contributed by atoms with van der Waals surface area (Å²) >= 11 is 0. The van der Waals surface area contributed by atoms with E-state index in [4.69, 9.17) is 4.74 Å². The fraction of sp³-hybridized carbons (Fsp3) is 0.364. The van der Waals surface area contributed by atoms with Crippen LogP contribution < -0.4 is 10.1 Å². The van der Waals surface area contributed by atoms with E-state index in [1.165, 1.54) is 19.2 Å². The van der Waals surface area contributed by atoms with Crippen LogP contribution >= 0.6 is 0 Å². The van der Waals surface area contributed by atoms with Crippen LogP contribution in [0.25, 0.3) is 0 Å². The summed E-state index contributed by atoms with van der Waals surface area (Å²) in [5, 5.41) is 13.4. The zero-order valence-corrected chi connectivity index (χ0v) is 9.30. The molecule has 0 radical (unpaired) electrons. The molecule has 0 spiro atoms. The molecule has 17 heavy (non-hydrogen) atoms. The summed E-state index contributed by atoms with van der Waals surface area (Å²) in [4.78, 5) is 21.9. The lowest BCUT2D eigenvalue weighted by Crippen LogP contribution is -2.14. The lowest BCUT2D eigenvalue weighted by molar-refractivity contribution is -0.384. The third-order valence-corrected chi connectivity index (χ3v) is 2.61. The van der Waals surface area contributed by atoms with Crippen molar-refractivity contribution < 1.29 is 14.5 Å². The molecule has 1 N–H and O–H groups in total. The van der Waals surface area contributed by atoms with E-state index in [1.807, 2.05) is 0 Å². The van der Waals surface area contributed by atoms with Crippen molar-refractivity contribution in [3.8, 4) is 5.75 Å². The minimum atomic E-state index is -0.537. The summed E-state index contributed by atoms with van der Waals surface area (Å²) in [5.74, 6) is 0.246. The van der Waals surface area contributed by atoms with Gasteiger partial charge in [-0.1, -0.05) is 0 Å². The van der Waals surface area contributed by atoms with Gasteiger partial charge in [-0.15, -0.1) is 0 Å². The van der Waals surface area contributed by atoms with Gasteiger partial charge < -0.3 is 10.1 Å². The quantitative estimate of drug-likeness (QED) is 0.639. The van der Waals surface area contributed by atoms with Crippen molar-refractivity contribution in [2.45, 2.75) is 12.8 Å². The molecule has 1 aliphatic rings. The second kappa shape index (κ2) is 4.40. The zero-order chi connectivity index (χ0) is 12.4. The maximum Gasteiger partial charge on any atom is 0.296 e. The van der Waals surface area contributed by atoms with Crippen LogP contribution in [0.1, 0.15) is 12.8 Å². The van der Waals surface area contributed by atoms with E-state index in [0.29, 0.717) is 5.75 Å². The predicted molar refractivity (Wildman–Crippen MR) is 61.0 cm³/mol. The number of carbonyl (C=O) groups is 1. The van der Waals surface area contributed by atoms with Crippen molar-refractivity contribution in [2.75, 3.05) is 12.4 Å². The molecule has 1 aromatic carbocycles. The monoisotopic (exact) mass is 236 g/mol. The average molecular weight is 236 g/mol. The third-order valence-electron chi connectivity index (χ3n) is 2.61. The van der Waals surface area contributed by atoms with Crippen LogP contribution in [-0.4, -0.2) is 17.9 Å². The fourth-order valence-electron chi connectivity index (χ4n) is 1.48. The second-order valence-electron chi connectivity index (χ2n) is 3.90. The van der Waals surface area contributed by atoms with Crippen molar-refractivity contribution >= 4 is 17.3 Å². The maximum absolute atomic E-state index is 11.5. The summed E-state index contributed by atoms with van der Waals surface area (Å²) in [7, 11) is 1.43. The first-order chi connectivity index (χ1) is 8.11. The van der Waals surface area contributed by atoms with Gasteiger partial charge in [0.15, 0.2) is 0 Å². The van der Waals surface area contributed by atoms with Gasteiger partial charge in [-0.3, -0.25) is 14.9 Å². The molecule has 6 nitrogen and oxygen atoms in total. The Labute approximate surface area is 97.7 Å². The largest absolute Gasteiger partial charge is 0.496 e. The maximum atomic E-state index is 11.5. The molecule has 6 heteroatoms. The molecular weight excluding hydrogens is 224 g/mol. The molecule has 1 saturated carbocycles. The summed E-state index contributed by atoms with van der Waals surface area (Å²) in [6, 6.07) is 4.36. The number of amides is 1. The summed E-state index contributed by atoms with van der Waals surface area (Å²) in [6.07, 6.45) is 1.71. The number of methoxy groups -OCH3 is 1. The molecule has 0 heterocycles. The number of ether oxygens (including phenoxy) is 1. The van der Waals surface area contributed by atoms with Gasteiger partial charge in [0, 0.05) is 5.92 Å². The number of anilines is 1. The summed E-state index contributed by atoms with van der Waals surface area (Å²) < 4.78 is 4.91. The number of nitrogens with one attached hydrogen (secondary N) is 1. The molecule has 0 aromatic heterocycles. The Morgan fingerprint density at radius 2 is 2.24 bits per heavy atom. The van der Waals surface area contributed by atoms with E-state index in [-0.39, 0.29) is 23.2 Å². The van der Waals surface area contributed by atoms with Gasteiger partial charge in [0.25, 0.3) is 5.69 Å². The lowest BCUT2D eigenvalue weighted by atomic mass is 10.2. The lowest BCUT2D eigenvalue weighted by Gasteiger charge is -2.06. The molecule has 0 unspecified atom stereocenters. The Hall–Kier alpha value is -2.11. The predicted octanol–water partition coefficient (Wildman–Crippen LogP) is 1.95. The molecule has 0 atom stereocenters. The number of benzene rings is 1. The molecule has 0 bridgehead atoms. The summed E-state index contributed by atoms with van der Waals surface area (Å²) in [5.41, 5.74) is 0.0612. The molecule has 0 saturated heterocycles. The number of nitro benzene ring substituents is 1. The van der Waals surface area contributed by atoms with Gasteiger partial charge in [0.2, 0.25) is 5.91 Å². The first-order valence-corrected chi connectivity index (χ1v) is 5.25. The number of nitro groups is 1. The first-order valence-electron chi connectivity index (χ1n) is 5.25. The highest BCUT2D eigenvalue weighted by Crippen LogP contribution is 2.33. The molecule has 90 valence electrons. The molecule has 1 fully saturated rings. The Morgan fingerprint density at radius 3 is 2.76 bits per heavy atom. The standard InChI is InChI=1S/C11H12N2O4/c1-17-8-4-5-9(10(6-8)13(15)16)12-11(14)7-2-3-7/h4-7H,2-3H2,1H3,(H,12,14). The minimum absolute atomic E-state index is 0.0108. The molecular formula is C11H12N2O4. The normalized spacial score (nSPS) is 14.2. The molecule has 2 rings (SSSR count). The van der Waals surface area contributed by atoms with Crippen molar-refractivity contribution in [3.05, 3.63) is 28.3 Å². The van der Waals surface area contributed by atoms with Crippen molar-refractivity contribution in [2.24, 2.45) is 5.92 Å². The van der Waals surface area contributed by atoms with Gasteiger partial charge in [0.05, 0.1) is 18.1 Å². The van der Waals surface area contributed by atoms with Gasteiger partial charge in [-0.05, 0) is 25.0 Å². The van der Waals surface area contributed by atoms with Crippen molar-refractivity contribution in [1.29, 1.82) is 0 Å². The average Bonchev–Trinajstić information content (AvgIpc) is 3.13. The van der Waals surface area contributed by atoms with E-state index in [0.717, 1.165) is 12.8 Å². The van der Waals surface area contributed by atoms with Crippen LogP contribution in [0.5, 0.6) is 5.75 Å². The van der Waals surface area contributed by atoms with Gasteiger partial charge >= 0.3 is 0 Å². The highest BCUT2D eigenvalue weighted by molar-refractivity contribution is 5.96. The smallest absolute Gasteiger partial charge is 0.296 e. The van der Waals surface area contributed by atoms with Crippen molar-refractivity contribution in [1.82, 2.24) is 0 Å². The fourth-order valence-corrected chi connectivity index (χ4v) is 1.48.